The van der Waals surface area contributed by atoms with Gasteiger partial charge in [-0.05, 0) is 20.0 Å². The van der Waals surface area contributed by atoms with Crippen LogP contribution in [0.4, 0.5) is 5.69 Å². The van der Waals surface area contributed by atoms with Crippen molar-refractivity contribution >= 4 is 5.69 Å². The zero-order chi connectivity index (χ0) is 17.1. The molecule has 0 spiro atoms. The van der Waals surface area contributed by atoms with Crippen LogP contribution in [0.15, 0.2) is 16.7 Å². The first-order valence-electron chi connectivity index (χ1n) is 7.62. The van der Waals surface area contributed by atoms with Gasteiger partial charge < -0.3 is 19.3 Å². The highest BCUT2D eigenvalue weighted by molar-refractivity contribution is 5.55. The Labute approximate surface area is 138 Å². The summed E-state index contributed by atoms with van der Waals surface area (Å²) in [4.78, 5) is 15.2. The number of aromatic nitrogens is 2. The average molecular weight is 334 g/mol. The summed E-state index contributed by atoms with van der Waals surface area (Å²) >= 11 is 0. The number of ether oxygens (including phenoxy) is 2. The van der Waals surface area contributed by atoms with Gasteiger partial charge in [0, 0.05) is 18.0 Å². The number of rotatable bonds is 6. The normalized spacial score (nSPS) is 14.4. The van der Waals surface area contributed by atoms with E-state index in [0.717, 1.165) is 0 Å². The number of benzene rings is 1. The zero-order valence-corrected chi connectivity index (χ0v) is 13.4. The van der Waals surface area contributed by atoms with Gasteiger partial charge >= 0.3 is 0 Å². The minimum absolute atomic E-state index is 0.0532. The molecule has 1 aromatic carbocycles. The van der Waals surface area contributed by atoms with Gasteiger partial charge in [0.25, 0.3) is 5.69 Å². The highest BCUT2D eigenvalue weighted by atomic mass is 16.6. The topological polar surface area (TPSA) is 113 Å². The maximum absolute atomic E-state index is 11.3. The highest BCUT2D eigenvalue weighted by Crippen LogP contribution is 2.37. The molecule has 3 rings (SSSR count). The summed E-state index contributed by atoms with van der Waals surface area (Å²) in [5, 5.41) is 18.3. The molecule has 1 atom stereocenters. The first kappa shape index (κ1) is 16.2. The number of nitro groups is 1. The first-order chi connectivity index (χ1) is 11.6. The van der Waals surface area contributed by atoms with E-state index in [2.05, 4.69) is 15.5 Å². The molecule has 0 radical (unpaired) electrons. The quantitative estimate of drug-likeness (QED) is 0.624. The van der Waals surface area contributed by atoms with Gasteiger partial charge in [0.05, 0.1) is 17.4 Å². The molecule has 128 valence electrons. The summed E-state index contributed by atoms with van der Waals surface area (Å²) in [5.41, 5.74) is 0.392. The predicted molar refractivity (Wildman–Crippen MR) is 83.4 cm³/mol. The Kier molecular flexibility index (Phi) is 4.61. The smallest absolute Gasteiger partial charge is 0.277 e. The van der Waals surface area contributed by atoms with Crippen molar-refractivity contribution in [1.82, 2.24) is 15.5 Å². The van der Waals surface area contributed by atoms with Crippen LogP contribution in [0.5, 0.6) is 11.5 Å². The Balaban J connectivity index is 1.85. The SMILES string of the molecule is CNC(C)Cc1noc(Cc2cc3c(cc2[N+](=O)[O-])OCCO3)n1. The second-order valence-corrected chi connectivity index (χ2v) is 5.56. The number of nitro benzene ring substituents is 1. The van der Waals surface area contributed by atoms with Gasteiger partial charge in [0.1, 0.15) is 13.2 Å². The fraction of sp³-hybridized carbons (Fsp3) is 0.467. The number of nitrogens with one attached hydrogen (secondary N) is 1. The third kappa shape index (κ3) is 3.46. The number of likely N-dealkylation sites (N-methyl/N-ethyl adjacent to an activating group) is 1. The summed E-state index contributed by atoms with van der Waals surface area (Å²) in [5.74, 6) is 1.76. The average Bonchev–Trinajstić information content (AvgIpc) is 3.00. The molecule has 0 amide bonds. The molecular formula is C15H18N4O5. The van der Waals surface area contributed by atoms with Gasteiger partial charge in [0.15, 0.2) is 17.3 Å². The Bertz CT molecular complexity index is 745. The maximum Gasteiger partial charge on any atom is 0.277 e. The Hall–Kier alpha value is -2.68. The predicted octanol–water partition coefficient (Wildman–Crippen LogP) is 1.49. The van der Waals surface area contributed by atoms with Gasteiger partial charge in [-0.3, -0.25) is 10.1 Å². The van der Waals surface area contributed by atoms with E-state index in [-0.39, 0.29) is 18.2 Å². The van der Waals surface area contributed by atoms with Crippen LogP contribution < -0.4 is 14.8 Å². The standard InChI is InChI=1S/C15H18N4O5/c1-9(16-2)5-14-17-15(24-18-14)7-10-6-12-13(23-4-3-22-12)8-11(10)19(20)21/h6,8-9,16H,3-5,7H2,1-2H3. The minimum atomic E-state index is -0.450. The fourth-order valence-electron chi connectivity index (χ4n) is 2.42. The van der Waals surface area contributed by atoms with Gasteiger partial charge in [-0.25, -0.2) is 0 Å². The summed E-state index contributed by atoms with van der Waals surface area (Å²) in [6.45, 7) is 2.79. The van der Waals surface area contributed by atoms with Crippen molar-refractivity contribution in [2.75, 3.05) is 20.3 Å². The highest BCUT2D eigenvalue weighted by Gasteiger charge is 2.24. The van der Waals surface area contributed by atoms with E-state index < -0.39 is 4.92 Å². The van der Waals surface area contributed by atoms with E-state index in [1.807, 2.05) is 14.0 Å². The van der Waals surface area contributed by atoms with Crippen LogP contribution in [-0.4, -0.2) is 41.4 Å². The third-order valence-electron chi connectivity index (χ3n) is 3.77. The minimum Gasteiger partial charge on any atom is -0.486 e. The van der Waals surface area contributed by atoms with Crippen molar-refractivity contribution in [2.24, 2.45) is 0 Å². The van der Waals surface area contributed by atoms with Crippen molar-refractivity contribution in [3.8, 4) is 11.5 Å². The van der Waals surface area contributed by atoms with Crippen LogP contribution >= 0.6 is 0 Å². The van der Waals surface area contributed by atoms with Gasteiger partial charge in [-0.2, -0.15) is 4.98 Å². The molecule has 0 bridgehead atoms. The first-order valence-corrected chi connectivity index (χ1v) is 7.62. The van der Waals surface area contributed by atoms with Crippen LogP contribution in [0, 0.1) is 10.1 Å². The van der Waals surface area contributed by atoms with Crippen molar-refractivity contribution in [3.05, 3.63) is 39.5 Å². The van der Waals surface area contributed by atoms with E-state index in [4.69, 9.17) is 14.0 Å². The summed E-state index contributed by atoms with van der Waals surface area (Å²) in [6.07, 6.45) is 0.775. The molecule has 1 N–H and O–H groups in total. The molecule has 24 heavy (non-hydrogen) atoms. The van der Waals surface area contributed by atoms with E-state index in [0.29, 0.717) is 48.4 Å². The van der Waals surface area contributed by atoms with Crippen LogP contribution in [0.25, 0.3) is 0 Å². The number of nitrogens with zero attached hydrogens (tertiary/aromatic N) is 3. The lowest BCUT2D eigenvalue weighted by molar-refractivity contribution is -0.385. The second-order valence-electron chi connectivity index (χ2n) is 5.56. The molecule has 1 aliphatic rings. The Morgan fingerprint density at radius 3 is 2.71 bits per heavy atom. The largest absolute Gasteiger partial charge is 0.486 e. The molecule has 0 saturated heterocycles. The van der Waals surface area contributed by atoms with Crippen molar-refractivity contribution < 1.29 is 18.9 Å². The van der Waals surface area contributed by atoms with Gasteiger partial charge in [0.2, 0.25) is 5.89 Å². The number of hydrogen-bond acceptors (Lipinski definition) is 8. The van der Waals surface area contributed by atoms with Crippen LogP contribution in [0.2, 0.25) is 0 Å². The Morgan fingerprint density at radius 1 is 1.33 bits per heavy atom. The molecule has 1 aliphatic heterocycles. The summed E-state index contributed by atoms with van der Waals surface area (Å²) < 4.78 is 16.1. The summed E-state index contributed by atoms with van der Waals surface area (Å²) in [6, 6.07) is 3.19. The molecule has 0 saturated carbocycles. The van der Waals surface area contributed by atoms with E-state index in [1.54, 1.807) is 6.07 Å². The Morgan fingerprint density at radius 2 is 2.04 bits per heavy atom. The number of hydrogen-bond donors (Lipinski definition) is 1. The van der Waals surface area contributed by atoms with Crippen molar-refractivity contribution in [1.29, 1.82) is 0 Å². The van der Waals surface area contributed by atoms with Crippen LogP contribution in [0.1, 0.15) is 24.2 Å². The van der Waals surface area contributed by atoms with E-state index >= 15 is 0 Å². The maximum atomic E-state index is 11.3. The molecular weight excluding hydrogens is 316 g/mol. The van der Waals surface area contributed by atoms with Crippen LogP contribution in [-0.2, 0) is 12.8 Å². The van der Waals surface area contributed by atoms with Crippen LogP contribution in [0.3, 0.4) is 0 Å². The van der Waals surface area contributed by atoms with Crippen molar-refractivity contribution in [3.63, 3.8) is 0 Å². The van der Waals surface area contributed by atoms with Gasteiger partial charge in [-0.1, -0.05) is 5.16 Å². The molecule has 9 nitrogen and oxygen atoms in total. The molecule has 9 heteroatoms. The van der Waals surface area contributed by atoms with E-state index in [9.17, 15) is 10.1 Å². The van der Waals surface area contributed by atoms with Crippen molar-refractivity contribution in [2.45, 2.75) is 25.8 Å². The number of fused-ring (bicyclic) bond motifs is 1. The summed E-state index contributed by atoms with van der Waals surface area (Å²) in [7, 11) is 1.85. The molecule has 1 unspecified atom stereocenters. The zero-order valence-electron chi connectivity index (χ0n) is 13.4. The lowest BCUT2D eigenvalue weighted by Gasteiger charge is -2.18. The molecule has 2 aromatic rings. The third-order valence-corrected chi connectivity index (χ3v) is 3.77. The molecule has 0 fully saturated rings. The molecule has 2 heterocycles. The molecule has 1 aromatic heterocycles. The molecule has 0 aliphatic carbocycles. The van der Waals surface area contributed by atoms with Gasteiger partial charge in [-0.15, -0.1) is 0 Å². The fourth-order valence-corrected chi connectivity index (χ4v) is 2.42. The lowest BCUT2D eigenvalue weighted by Crippen LogP contribution is -2.24. The monoisotopic (exact) mass is 334 g/mol. The van der Waals surface area contributed by atoms with E-state index in [1.165, 1.54) is 6.07 Å². The lowest BCUT2D eigenvalue weighted by atomic mass is 10.1. The second kappa shape index (κ2) is 6.83.